The number of nitrogens with zero attached hydrogens (tertiary/aromatic N) is 9. The number of carbonyl (C=O) groups is 1. The lowest BCUT2D eigenvalue weighted by Gasteiger charge is -2.36. The molecule has 0 aromatic carbocycles. The molecule has 0 atom stereocenters. The van der Waals surface area contributed by atoms with Gasteiger partial charge in [0.2, 0.25) is 5.95 Å². The molecule has 2 N–H and O–H groups in total. The van der Waals surface area contributed by atoms with Crippen LogP contribution < -0.4 is 20.3 Å². The lowest BCUT2D eigenvalue weighted by atomic mass is 9.90. The second kappa shape index (κ2) is 13.7. The van der Waals surface area contributed by atoms with Gasteiger partial charge in [-0.3, -0.25) is 9.88 Å². The normalized spacial score (nSPS) is 16.7. The molecule has 0 saturated heterocycles. The molecular formula is C27H27ClF5N11O2. The largest absolute Gasteiger partial charge is 0.467 e. The van der Waals surface area contributed by atoms with Crippen LogP contribution >= 0.6 is 11.6 Å². The molecule has 46 heavy (non-hydrogen) atoms. The Kier molecular flexibility index (Phi) is 9.74. The molecule has 0 bridgehead atoms. The highest BCUT2D eigenvalue weighted by Crippen LogP contribution is 2.38. The van der Waals surface area contributed by atoms with Crippen LogP contribution in [0.25, 0.3) is 22.6 Å². The standard InChI is InChI=1S/C27H27ClF5N11O2/c1-3-34-26(45)44(20-12-35-19(11-36-20)14-8-38-25(46-2)39-9-14)16-6-4-15(5-7-16)40-24-37-10-17(27(31,32)33)21(41-24)22-18(28)13-43(42-22)23(29)30/h8-13,15-16,23H,3-7H2,1-2H3,(H,34,45)(H,37,40,41)/t15-,16-. The van der Waals surface area contributed by atoms with E-state index in [9.17, 15) is 26.7 Å². The molecule has 5 rings (SSSR count). The Morgan fingerprint density at radius 3 is 2.33 bits per heavy atom. The van der Waals surface area contributed by atoms with Gasteiger partial charge in [-0.25, -0.2) is 34.4 Å². The molecule has 244 valence electrons. The molecule has 1 fully saturated rings. The van der Waals surface area contributed by atoms with Gasteiger partial charge in [0.05, 0.1) is 36.4 Å². The lowest BCUT2D eigenvalue weighted by molar-refractivity contribution is -0.137. The number of hydrogen-bond acceptors (Lipinski definition) is 10. The summed E-state index contributed by atoms with van der Waals surface area (Å²) in [5.41, 5.74) is -1.45. The van der Waals surface area contributed by atoms with Crippen LogP contribution in [0, 0.1) is 0 Å². The van der Waals surface area contributed by atoms with Crippen LogP contribution in [0.5, 0.6) is 6.01 Å². The van der Waals surface area contributed by atoms with Crippen molar-refractivity contribution in [3.63, 3.8) is 0 Å². The van der Waals surface area contributed by atoms with Gasteiger partial charge < -0.3 is 15.4 Å². The highest BCUT2D eigenvalue weighted by Gasteiger charge is 2.37. The zero-order chi connectivity index (χ0) is 33.0. The number of halogens is 6. The van der Waals surface area contributed by atoms with E-state index in [0.29, 0.717) is 55.5 Å². The van der Waals surface area contributed by atoms with Crippen molar-refractivity contribution < 1.29 is 31.5 Å². The Balaban J connectivity index is 1.31. The van der Waals surface area contributed by atoms with Crippen LogP contribution in [0.1, 0.15) is 44.7 Å². The van der Waals surface area contributed by atoms with Gasteiger partial charge in [0.25, 0.3) is 0 Å². The summed E-state index contributed by atoms with van der Waals surface area (Å²) < 4.78 is 72.6. The summed E-state index contributed by atoms with van der Waals surface area (Å²) in [5.74, 6) is 0.176. The Morgan fingerprint density at radius 2 is 1.76 bits per heavy atom. The minimum atomic E-state index is -4.89. The number of anilines is 2. The summed E-state index contributed by atoms with van der Waals surface area (Å²) in [6.45, 7) is -0.937. The summed E-state index contributed by atoms with van der Waals surface area (Å²) in [6, 6.07) is -0.688. The third kappa shape index (κ3) is 7.21. The molecular weight excluding hydrogens is 641 g/mol. The van der Waals surface area contributed by atoms with Gasteiger partial charge in [-0.2, -0.15) is 27.1 Å². The van der Waals surface area contributed by atoms with Crippen LogP contribution in [0.3, 0.4) is 0 Å². The van der Waals surface area contributed by atoms with Crippen molar-refractivity contribution in [1.82, 2.24) is 45.0 Å². The number of hydrogen-bond donors (Lipinski definition) is 2. The monoisotopic (exact) mass is 667 g/mol. The Hall–Kier alpha value is -4.74. The highest BCUT2D eigenvalue weighted by molar-refractivity contribution is 6.33. The molecule has 0 aliphatic heterocycles. The molecule has 4 heterocycles. The van der Waals surface area contributed by atoms with E-state index in [2.05, 4.69) is 45.6 Å². The van der Waals surface area contributed by atoms with Crippen LogP contribution in [0.15, 0.2) is 37.2 Å². The number of aromatic nitrogens is 8. The zero-order valence-electron chi connectivity index (χ0n) is 24.3. The van der Waals surface area contributed by atoms with E-state index in [-0.39, 0.29) is 34.8 Å². The fourth-order valence-electron chi connectivity index (χ4n) is 4.97. The summed E-state index contributed by atoms with van der Waals surface area (Å²) >= 11 is 5.96. The summed E-state index contributed by atoms with van der Waals surface area (Å²) in [4.78, 5) is 39.5. The van der Waals surface area contributed by atoms with E-state index >= 15 is 0 Å². The quantitative estimate of drug-likeness (QED) is 0.215. The van der Waals surface area contributed by atoms with Gasteiger partial charge in [0.1, 0.15) is 17.0 Å². The Morgan fingerprint density at radius 1 is 1.04 bits per heavy atom. The Labute approximate surface area is 263 Å². The molecule has 19 heteroatoms. The second-order valence-electron chi connectivity index (χ2n) is 10.1. The molecule has 4 aromatic heterocycles. The average Bonchev–Trinajstić information content (AvgIpc) is 3.44. The van der Waals surface area contributed by atoms with E-state index in [4.69, 9.17) is 16.3 Å². The first-order valence-corrected chi connectivity index (χ1v) is 14.4. The van der Waals surface area contributed by atoms with E-state index in [1.807, 2.05) is 0 Å². The van der Waals surface area contributed by atoms with Gasteiger partial charge in [-0.05, 0) is 32.6 Å². The number of amides is 2. The molecule has 0 unspecified atom stereocenters. The van der Waals surface area contributed by atoms with E-state index < -0.39 is 34.7 Å². The SMILES string of the molecule is CCNC(=O)N(c1cnc(-c2cnc(OC)nc2)cn1)[C@H]1CC[C@H](Nc2ncc(C(F)(F)F)c(-c3nn(C(F)F)cc3Cl)n2)CC1. The number of rotatable bonds is 9. The second-order valence-corrected chi connectivity index (χ2v) is 10.5. The van der Waals surface area contributed by atoms with Crippen molar-refractivity contribution in [2.45, 2.75) is 57.4 Å². The smallest absolute Gasteiger partial charge is 0.420 e. The maximum Gasteiger partial charge on any atom is 0.420 e. The molecule has 1 aliphatic carbocycles. The fourth-order valence-corrected chi connectivity index (χ4v) is 5.20. The third-order valence-corrected chi connectivity index (χ3v) is 7.42. The highest BCUT2D eigenvalue weighted by atomic mass is 35.5. The predicted molar refractivity (Wildman–Crippen MR) is 155 cm³/mol. The van der Waals surface area contributed by atoms with Crippen molar-refractivity contribution >= 4 is 29.4 Å². The number of carbonyl (C=O) groups excluding carboxylic acids is 1. The van der Waals surface area contributed by atoms with E-state index in [0.717, 1.165) is 6.20 Å². The average molecular weight is 668 g/mol. The number of alkyl halides is 5. The molecule has 1 aliphatic rings. The van der Waals surface area contributed by atoms with Gasteiger partial charge in [0.15, 0.2) is 5.82 Å². The van der Waals surface area contributed by atoms with Crippen molar-refractivity contribution in [3.8, 4) is 28.7 Å². The van der Waals surface area contributed by atoms with Crippen molar-refractivity contribution in [1.29, 1.82) is 0 Å². The zero-order valence-corrected chi connectivity index (χ0v) is 25.1. The summed E-state index contributed by atoms with van der Waals surface area (Å²) in [5, 5.41) is 8.91. The maximum absolute atomic E-state index is 13.8. The molecule has 0 spiro atoms. The summed E-state index contributed by atoms with van der Waals surface area (Å²) in [6.07, 6.45) is 4.47. The number of ether oxygens (including phenoxy) is 1. The van der Waals surface area contributed by atoms with Crippen molar-refractivity contribution in [3.05, 3.63) is 47.8 Å². The molecule has 0 radical (unpaired) electrons. The topological polar surface area (TPSA) is 149 Å². The molecule has 4 aromatic rings. The van der Waals surface area contributed by atoms with E-state index in [1.165, 1.54) is 24.4 Å². The van der Waals surface area contributed by atoms with E-state index in [1.54, 1.807) is 19.3 Å². The first-order valence-electron chi connectivity index (χ1n) is 14.0. The first kappa shape index (κ1) is 32.6. The predicted octanol–water partition coefficient (Wildman–Crippen LogP) is 5.62. The molecule has 13 nitrogen and oxygen atoms in total. The molecule has 2 amide bonds. The minimum absolute atomic E-state index is 0.153. The van der Waals surface area contributed by atoms with Crippen molar-refractivity contribution in [2.24, 2.45) is 0 Å². The van der Waals surface area contributed by atoms with Crippen LogP contribution in [-0.4, -0.2) is 71.5 Å². The molecule has 1 saturated carbocycles. The number of nitrogens with one attached hydrogen (secondary N) is 2. The number of urea groups is 1. The Bertz CT molecular complexity index is 1650. The van der Waals surface area contributed by atoms with Crippen LogP contribution in [-0.2, 0) is 6.18 Å². The van der Waals surface area contributed by atoms with Gasteiger partial charge in [-0.15, -0.1) is 0 Å². The number of methoxy groups -OCH3 is 1. The fraction of sp³-hybridized carbons (Fsp3) is 0.407. The summed E-state index contributed by atoms with van der Waals surface area (Å²) in [7, 11) is 1.45. The lowest BCUT2D eigenvalue weighted by Crippen LogP contribution is -2.49. The maximum atomic E-state index is 13.8. The third-order valence-electron chi connectivity index (χ3n) is 7.14. The van der Waals surface area contributed by atoms with Gasteiger partial charge >= 0.3 is 24.8 Å². The minimum Gasteiger partial charge on any atom is -0.467 e. The van der Waals surface area contributed by atoms with Gasteiger partial charge in [0, 0.05) is 42.8 Å². The van der Waals surface area contributed by atoms with Crippen LogP contribution in [0.2, 0.25) is 5.02 Å². The first-order chi connectivity index (χ1) is 22.0. The van der Waals surface area contributed by atoms with Crippen LogP contribution in [0.4, 0.5) is 38.5 Å². The van der Waals surface area contributed by atoms with Gasteiger partial charge in [-0.1, -0.05) is 11.6 Å². The van der Waals surface area contributed by atoms with Crippen molar-refractivity contribution in [2.75, 3.05) is 23.9 Å².